The van der Waals surface area contributed by atoms with Gasteiger partial charge in [-0.1, -0.05) is 0 Å². The molecule has 2 N–H and O–H groups in total. The topological polar surface area (TPSA) is 84.1 Å². The van der Waals surface area contributed by atoms with Crippen LogP contribution in [0.1, 0.15) is 26.2 Å². The van der Waals surface area contributed by atoms with E-state index in [2.05, 4.69) is 4.18 Å². The summed E-state index contributed by atoms with van der Waals surface area (Å²) in [6, 6.07) is 0. The summed E-state index contributed by atoms with van der Waals surface area (Å²) in [6.45, 7) is 1.94. The zero-order valence-electron chi connectivity index (χ0n) is 10.2. The fourth-order valence-corrected chi connectivity index (χ4v) is 1.94. The highest BCUT2D eigenvalue weighted by atomic mass is 32.2. The van der Waals surface area contributed by atoms with Gasteiger partial charge in [0.15, 0.2) is 0 Å². The van der Waals surface area contributed by atoms with Crippen LogP contribution in [0.5, 0.6) is 0 Å². The number of allylic oxidation sites excluding steroid dienone is 2. The molecule has 1 aliphatic carbocycles. The molecule has 9 heteroatoms. The van der Waals surface area contributed by atoms with E-state index in [-0.39, 0.29) is 42.6 Å². The first-order chi connectivity index (χ1) is 8.34. The Bertz CT molecular complexity index is 367. The second kappa shape index (κ2) is 7.49. The molecule has 0 fully saturated rings. The minimum absolute atomic E-state index is 0. The van der Waals surface area contributed by atoms with E-state index in [0.717, 1.165) is 0 Å². The minimum Gasteiger partial charge on any atom is -0.466 e. The fourth-order valence-electron chi connectivity index (χ4n) is 1.50. The van der Waals surface area contributed by atoms with Crippen LogP contribution in [0.25, 0.3) is 0 Å². The first kappa shape index (κ1) is 17.9. The molecule has 0 saturated heterocycles. The molecule has 0 radical (unpaired) electrons. The largest absolute Gasteiger partial charge is 0.508 e. The Hall–Kier alpha value is -1.09. The molecular formula is C10H15F3O5S. The third-order valence-corrected chi connectivity index (χ3v) is 3.10. The van der Waals surface area contributed by atoms with Crippen LogP contribution in [0.2, 0.25) is 0 Å². The maximum absolute atomic E-state index is 12.0. The summed E-state index contributed by atoms with van der Waals surface area (Å²) >= 11 is -3.34. The molecule has 0 aromatic heterocycles. The van der Waals surface area contributed by atoms with Crippen LogP contribution >= 0.6 is 0 Å². The molecule has 0 aromatic carbocycles. The lowest BCUT2D eigenvalue weighted by Gasteiger charge is -2.20. The summed E-state index contributed by atoms with van der Waals surface area (Å²) in [5.41, 5.74) is -4.89. The van der Waals surface area contributed by atoms with Crippen LogP contribution in [0.15, 0.2) is 11.8 Å². The predicted molar refractivity (Wildman–Crippen MR) is 61.0 cm³/mol. The molecule has 0 spiro atoms. The molecular weight excluding hydrogens is 289 g/mol. The van der Waals surface area contributed by atoms with Gasteiger partial charge in [0.1, 0.15) is 5.76 Å². The lowest BCUT2D eigenvalue weighted by molar-refractivity contribution is -0.148. The smallest absolute Gasteiger partial charge is 0.466 e. The van der Waals surface area contributed by atoms with Gasteiger partial charge < -0.3 is 14.4 Å². The van der Waals surface area contributed by atoms with Gasteiger partial charge in [0, 0.05) is 6.42 Å². The molecule has 0 bridgehead atoms. The Kier molecular flexibility index (Phi) is 7.06. The lowest BCUT2D eigenvalue weighted by Crippen LogP contribution is -2.22. The molecule has 19 heavy (non-hydrogen) atoms. The predicted octanol–water partition coefficient (Wildman–Crippen LogP) is 1.61. The number of carbonyl (C=O) groups excluding carboxylic acids is 1. The maximum atomic E-state index is 12.0. The molecule has 0 heterocycles. The molecule has 0 aromatic rings. The highest BCUT2D eigenvalue weighted by Crippen LogP contribution is 2.29. The van der Waals surface area contributed by atoms with Gasteiger partial charge in [-0.2, -0.15) is 13.2 Å². The summed E-state index contributed by atoms with van der Waals surface area (Å²) in [6.07, 6.45) is 2.07. The zero-order valence-corrected chi connectivity index (χ0v) is 11.0. The van der Waals surface area contributed by atoms with E-state index in [9.17, 15) is 22.2 Å². The first-order valence-electron chi connectivity index (χ1n) is 5.37. The Morgan fingerprint density at radius 2 is 2.16 bits per heavy atom. The Labute approximate surface area is 110 Å². The number of rotatable bonds is 4. The standard InChI is InChI=1S/C10H13F3O4S.H2O/c1-2-16-9(14)7-3-5-8(6-4-7)17-18(15)10(11,12)13;/h5,7H,2-4,6H2,1H3;1H2. The third kappa shape index (κ3) is 5.60. The summed E-state index contributed by atoms with van der Waals surface area (Å²) < 4.78 is 55.7. The molecule has 0 aliphatic heterocycles. The number of carbonyl (C=O) groups is 1. The second-order valence-electron chi connectivity index (χ2n) is 3.66. The summed E-state index contributed by atoms with van der Waals surface area (Å²) in [4.78, 5) is 11.4. The average Bonchev–Trinajstić information content (AvgIpc) is 2.29. The average molecular weight is 304 g/mol. The number of hydrogen-bond donors (Lipinski definition) is 0. The van der Waals surface area contributed by atoms with Gasteiger partial charge in [0.25, 0.3) is 0 Å². The fraction of sp³-hybridized carbons (Fsp3) is 0.700. The van der Waals surface area contributed by atoms with E-state index in [0.29, 0.717) is 6.42 Å². The van der Waals surface area contributed by atoms with Crippen molar-refractivity contribution >= 4 is 17.0 Å². The Balaban J connectivity index is 0.00000324. The van der Waals surface area contributed by atoms with Crippen molar-refractivity contribution in [2.45, 2.75) is 31.7 Å². The number of alkyl halides is 3. The van der Waals surface area contributed by atoms with E-state index in [1.54, 1.807) is 6.92 Å². The van der Waals surface area contributed by atoms with Crippen molar-refractivity contribution in [2.24, 2.45) is 5.92 Å². The molecule has 5 nitrogen and oxygen atoms in total. The monoisotopic (exact) mass is 304 g/mol. The quantitative estimate of drug-likeness (QED) is 0.739. The van der Waals surface area contributed by atoms with Crippen LogP contribution < -0.4 is 0 Å². The van der Waals surface area contributed by atoms with Gasteiger partial charge in [-0.05, 0) is 25.8 Å². The summed E-state index contributed by atoms with van der Waals surface area (Å²) in [5, 5.41) is 0. The molecule has 0 amide bonds. The first-order valence-corrected chi connectivity index (χ1v) is 6.44. The normalized spacial score (nSPS) is 20.8. The maximum Gasteiger partial charge on any atom is 0.508 e. The second-order valence-corrected chi connectivity index (χ2v) is 4.76. The van der Waals surface area contributed by atoms with E-state index in [1.165, 1.54) is 6.08 Å². The molecule has 2 unspecified atom stereocenters. The highest BCUT2D eigenvalue weighted by molar-refractivity contribution is 7.81. The molecule has 1 rings (SSSR count). The number of halogens is 3. The van der Waals surface area contributed by atoms with Crippen LogP contribution in [0.4, 0.5) is 13.2 Å². The zero-order chi connectivity index (χ0) is 13.8. The van der Waals surface area contributed by atoms with Crippen molar-refractivity contribution < 1.29 is 36.6 Å². The van der Waals surface area contributed by atoms with Crippen LogP contribution in [0.3, 0.4) is 0 Å². The number of hydrogen-bond acceptors (Lipinski definition) is 4. The summed E-state index contributed by atoms with van der Waals surface area (Å²) in [5.74, 6) is -0.729. The Morgan fingerprint density at radius 3 is 2.58 bits per heavy atom. The Morgan fingerprint density at radius 1 is 1.53 bits per heavy atom. The van der Waals surface area contributed by atoms with E-state index >= 15 is 0 Å². The number of ether oxygens (including phenoxy) is 1. The molecule has 112 valence electrons. The van der Waals surface area contributed by atoms with Crippen molar-refractivity contribution in [3.63, 3.8) is 0 Å². The van der Waals surface area contributed by atoms with Crippen molar-refractivity contribution in [3.8, 4) is 0 Å². The van der Waals surface area contributed by atoms with Gasteiger partial charge in [-0.25, -0.2) is 4.21 Å². The van der Waals surface area contributed by atoms with E-state index in [1.807, 2.05) is 0 Å². The van der Waals surface area contributed by atoms with E-state index in [4.69, 9.17) is 4.74 Å². The van der Waals surface area contributed by atoms with Gasteiger partial charge in [-0.3, -0.25) is 4.79 Å². The van der Waals surface area contributed by atoms with Crippen molar-refractivity contribution in [2.75, 3.05) is 6.61 Å². The van der Waals surface area contributed by atoms with Gasteiger partial charge >= 0.3 is 22.6 Å². The lowest BCUT2D eigenvalue weighted by atomic mass is 9.93. The molecule has 0 saturated carbocycles. The third-order valence-electron chi connectivity index (χ3n) is 2.36. The van der Waals surface area contributed by atoms with Crippen LogP contribution in [-0.2, 0) is 24.8 Å². The highest BCUT2D eigenvalue weighted by Gasteiger charge is 2.40. The number of esters is 1. The van der Waals surface area contributed by atoms with Gasteiger partial charge in [0.05, 0.1) is 12.5 Å². The minimum atomic E-state index is -4.89. The van der Waals surface area contributed by atoms with Crippen molar-refractivity contribution in [3.05, 3.63) is 11.8 Å². The van der Waals surface area contributed by atoms with Crippen molar-refractivity contribution in [1.29, 1.82) is 0 Å². The summed E-state index contributed by atoms with van der Waals surface area (Å²) in [7, 11) is 0. The molecule has 1 aliphatic rings. The van der Waals surface area contributed by atoms with E-state index < -0.39 is 16.6 Å². The van der Waals surface area contributed by atoms with Crippen molar-refractivity contribution in [1.82, 2.24) is 0 Å². The van der Waals surface area contributed by atoms with Gasteiger partial charge in [-0.15, -0.1) is 0 Å². The van der Waals surface area contributed by atoms with Crippen LogP contribution in [-0.4, -0.2) is 27.8 Å². The van der Waals surface area contributed by atoms with Crippen LogP contribution in [0, 0.1) is 5.92 Å². The SMILES string of the molecule is CCOC(=O)C1CC=C(OS(=O)C(F)(F)F)CC1.O. The van der Waals surface area contributed by atoms with Gasteiger partial charge in [0.2, 0.25) is 0 Å². The molecule has 2 atom stereocenters.